The zero-order valence-corrected chi connectivity index (χ0v) is 29.1. The standard InChI is InChI=1S/C37H47FN6O3/c1-23(2)46-35(45)33(47-36(5,6)7)31-25(4)39-24(3)30(32(31)43-19-17-37(8,9)18-20-43)27-11-10-12-28(21-27)34-40-42-44(41-34)22-26-13-15-29(38)16-14-26/h10-16,21,23,33H,17-20,22H2,1-9H3/t33-/m0/s1. The van der Waals surface area contributed by atoms with Crippen LogP contribution in [0.3, 0.4) is 0 Å². The number of esters is 1. The van der Waals surface area contributed by atoms with Crippen molar-refractivity contribution in [2.45, 2.75) is 99.5 Å². The maximum Gasteiger partial charge on any atom is 0.340 e. The van der Waals surface area contributed by atoms with E-state index in [1.165, 1.54) is 16.9 Å². The van der Waals surface area contributed by atoms with Gasteiger partial charge in [-0.1, -0.05) is 44.2 Å². The molecule has 1 fully saturated rings. The molecule has 1 saturated heterocycles. The minimum Gasteiger partial charge on any atom is -0.461 e. The van der Waals surface area contributed by atoms with Crippen LogP contribution in [0, 0.1) is 25.1 Å². The van der Waals surface area contributed by atoms with Crippen molar-refractivity contribution in [3.63, 3.8) is 0 Å². The number of benzene rings is 2. The molecule has 1 aliphatic heterocycles. The molecule has 9 nitrogen and oxygen atoms in total. The highest BCUT2D eigenvalue weighted by Crippen LogP contribution is 2.45. The summed E-state index contributed by atoms with van der Waals surface area (Å²) in [5.74, 6) is -0.242. The number of nitrogens with zero attached hydrogens (tertiary/aromatic N) is 6. The SMILES string of the molecule is Cc1nc(C)c([C@H](OC(C)(C)C)C(=O)OC(C)C)c(N2CCC(C)(C)CC2)c1-c1cccc(-c2nnn(Cc3ccc(F)cc3)n2)c1. The fourth-order valence-corrected chi connectivity index (χ4v) is 6.03. The van der Waals surface area contributed by atoms with Gasteiger partial charge in [0.25, 0.3) is 0 Å². The number of aromatic nitrogens is 5. The van der Waals surface area contributed by atoms with E-state index in [4.69, 9.17) is 14.5 Å². The van der Waals surface area contributed by atoms with Crippen molar-refractivity contribution in [3.8, 4) is 22.5 Å². The summed E-state index contributed by atoms with van der Waals surface area (Å²) < 4.78 is 25.7. The maximum absolute atomic E-state index is 13.8. The average molecular weight is 643 g/mol. The van der Waals surface area contributed by atoms with Crippen LogP contribution in [0.25, 0.3) is 22.5 Å². The summed E-state index contributed by atoms with van der Waals surface area (Å²) in [7, 11) is 0. The molecule has 1 atom stereocenters. The van der Waals surface area contributed by atoms with Crippen molar-refractivity contribution in [3.05, 3.63) is 76.9 Å². The van der Waals surface area contributed by atoms with E-state index >= 15 is 0 Å². The molecule has 250 valence electrons. The van der Waals surface area contributed by atoms with Crippen LogP contribution in [0.4, 0.5) is 10.1 Å². The molecule has 0 unspecified atom stereocenters. The van der Waals surface area contributed by atoms with Crippen LogP contribution in [0.5, 0.6) is 0 Å². The van der Waals surface area contributed by atoms with E-state index in [9.17, 15) is 9.18 Å². The Morgan fingerprint density at radius 3 is 2.30 bits per heavy atom. The third kappa shape index (κ3) is 8.22. The number of anilines is 1. The van der Waals surface area contributed by atoms with Crippen LogP contribution in [0.2, 0.25) is 0 Å². The van der Waals surface area contributed by atoms with E-state index in [-0.39, 0.29) is 17.3 Å². The maximum atomic E-state index is 13.8. The highest BCUT2D eigenvalue weighted by atomic mass is 19.1. The van der Waals surface area contributed by atoms with Gasteiger partial charge in [0, 0.05) is 41.2 Å². The van der Waals surface area contributed by atoms with Gasteiger partial charge in [-0.3, -0.25) is 4.98 Å². The molecule has 0 spiro atoms. The van der Waals surface area contributed by atoms with E-state index in [2.05, 4.69) is 40.2 Å². The lowest BCUT2D eigenvalue weighted by atomic mass is 9.81. The van der Waals surface area contributed by atoms with Crippen LogP contribution in [0.1, 0.15) is 89.9 Å². The molecule has 0 aliphatic carbocycles. The zero-order valence-electron chi connectivity index (χ0n) is 29.1. The highest BCUT2D eigenvalue weighted by molar-refractivity contribution is 5.89. The number of pyridine rings is 1. The van der Waals surface area contributed by atoms with Gasteiger partial charge in [-0.05, 0) is 101 Å². The Labute approximate surface area is 277 Å². The van der Waals surface area contributed by atoms with Gasteiger partial charge in [-0.15, -0.1) is 10.2 Å². The monoisotopic (exact) mass is 642 g/mol. The number of aryl methyl sites for hydroxylation is 2. The number of hydrogen-bond acceptors (Lipinski definition) is 8. The molecule has 3 heterocycles. The second-order valence-electron chi connectivity index (χ2n) is 14.5. The summed E-state index contributed by atoms with van der Waals surface area (Å²) in [6.45, 7) is 20.1. The first-order valence-electron chi connectivity index (χ1n) is 16.4. The molecule has 4 aromatic rings. The van der Waals surface area contributed by atoms with Crippen molar-refractivity contribution < 1.29 is 18.7 Å². The van der Waals surface area contributed by atoms with Crippen molar-refractivity contribution >= 4 is 11.7 Å². The van der Waals surface area contributed by atoms with Crippen molar-refractivity contribution in [2.24, 2.45) is 5.41 Å². The Morgan fingerprint density at radius 1 is 1.00 bits per heavy atom. The highest BCUT2D eigenvalue weighted by Gasteiger charge is 2.37. The molecule has 1 aliphatic rings. The molecule has 2 aromatic heterocycles. The molecule has 0 radical (unpaired) electrons. The van der Waals surface area contributed by atoms with Gasteiger partial charge < -0.3 is 14.4 Å². The Bertz CT molecular complexity index is 1720. The molecule has 2 aromatic carbocycles. The zero-order chi connectivity index (χ0) is 34.1. The largest absolute Gasteiger partial charge is 0.461 e. The quantitative estimate of drug-likeness (QED) is 0.172. The van der Waals surface area contributed by atoms with Gasteiger partial charge in [0.05, 0.1) is 23.9 Å². The summed E-state index contributed by atoms with van der Waals surface area (Å²) >= 11 is 0. The fourth-order valence-electron chi connectivity index (χ4n) is 6.03. The summed E-state index contributed by atoms with van der Waals surface area (Å²) in [5, 5.41) is 13.2. The summed E-state index contributed by atoms with van der Waals surface area (Å²) in [5.41, 5.74) is 6.40. The Balaban J connectivity index is 1.63. The molecular weight excluding hydrogens is 595 g/mol. The topological polar surface area (TPSA) is 95.3 Å². The number of hydrogen-bond donors (Lipinski definition) is 0. The van der Waals surface area contributed by atoms with Crippen molar-refractivity contribution in [1.29, 1.82) is 0 Å². The molecular formula is C37H47FN6O3. The molecule has 0 amide bonds. The summed E-state index contributed by atoms with van der Waals surface area (Å²) in [4.78, 5) is 22.7. The third-order valence-corrected chi connectivity index (χ3v) is 8.41. The first-order valence-corrected chi connectivity index (χ1v) is 16.4. The first-order chi connectivity index (χ1) is 22.1. The van der Waals surface area contributed by atoms with Crippen LogP contribution in [-0.2, 0) is 20.8 Å². The normalized spacial score (nSPS) is 15.6. The van der Waals surface area contributed by atoms with Gasteiger partial charge >= 0.3 is 5.97 Å². The Hall–Kier alpha value is -4.18. The Morgan fingerprint density at radius 2 is 1.66 bits per heavy atom. The number of piperidine rings is 1. The van der Waals surface area contributed by atoms with Gasteiger partial charge in [0.2, 0.25) is 5.82 Å². The van der Waals surface area contributed by atoms with Gasteiger partial charge in [-0.2, -0.15) is 4.80 Å². The average Bonchev–Trinajstić information content (AvgIpc) is 3.45. The lowest BCUT2D eigenvalue weighted by Gasteiger charge is -2.41. The van der Waals surface area contributed by atoms with Crippen molar-refractivity contribution in [1.82, 2.24) is 25.2 Å². The van der Waals surface area contributed by atoms with Crippen LogP contribution in [-0.4, -0.2) is 56.0 Å². The summed E-state index contributed by atoms with van der Waals surface area (Å²) in [6.07, 6.45) is 0.751. The number of rotatable bonds is 9. The van der Waals surface area contributed by atoms with Gasteiger partial charge in [-0.25, -0.2) is 9.18 Å². The van der Waals surface area contributed by atoms with Crippen molar-refractivity contribution in [2.75, 3.05) is 18.0 Å². The summed E-state index contributed by atoms with van der Waals surface area (Å²) in [6, 6.07) is 14.3. The van der Waals surface area contributed by atoms with Crippen LogP contribution in [0.15, 0.2) is 48.5 Å². The van der Waals surface area contributed by atoms with E-state index < -0.39 is 17.7 Å². The predicted octanol–water partition coefficient (Wildman–Crippen LogP) is 7.64. The van der Waals surface area contributed by atoms with Crippen LogP contribution < -0.4 is 4.90 Å². The van der Waals surface area contributed by atoms with E-state index in [0.29, 0.717) is 12.4 Å². The predicted molar refractivity (Wildman–Crippen MR) is 181 cm³/mol. The smallest absolute Gasteiger partial charge is 0.340 e. The lowest BCUT2D eigenvalue weighted by molar-refractivity contribution is -0.171. The second-order valence-corrected chi connectivity index (χ2v) is 14.5. The first kappa shape index (κ1) is 34.2. The Kier molecular flexibility index (Phi) is 9.82. The molecule has 0 saturated carbocycles. The van der Waals surface area contributed by atoms with E-state index in [0.717, 1.165) is 70.8 Å². The van der Waals surface area contributed by atoms with Crippen LogP contribution >= 0.6 is 0 Å². The molecule has 0 N–H and O–H groups in total. The van der Waals surface area contributed by atoms with Gasteiger partial charge in [0.1, 0.15) is 5.82 Å². The molecule has 5 rings (SSSR count). The molecule has 0 bridgehead atoms. The number of carbonyl (C=O) groups is 1. The molecule has 10 heteroatoms. The van der Waals surface area contributed by atoms with E-state index in [1.807, 2.05) is 66.7 Å². The minimum absolute atomic E-state index is 0.219. The lowest BCUT2D eigenvalue weighted by Crippen LogP contribution is -2.39. The number of ether oxygens (including phenoxy) is 2. The molecule has 47 heavy (non-hydrogen) atoms. The number of tetrazole rings is 1. The van der Waals surface area contributed by atoms with Gasteiger partial charge in [0.15, 0.2) is 6.10 Å². The number of halogens is 1. The fraction of sp³-hybridized carbons (Fsp3) is 0.486. The van der Waals surface area contributed by atoms with E-state index in [1.54, 1.807) is 12.1 Å². The number of carbonyl (C=O) groups excluding carboxylic acids is 1. The third-order valence-electron chi connectivity index (χ3n) is 8.41. The minimum atomic E-state index is -0.967. The second kappa shape index (κ2) is 13.5.